The Labute approximate surface area is 155 Å². The molecular weight excluding hydrogens is 365 g/mol. The smallest absolute Gasteiger partial charge is 0.337 e. The lowest BCUT2D eigenvalue weighted by Crippen LogP contribution is -2.51. The molecule has 4 bridgehead atoms. The molecule has 0 atom stereocenters. The minimum absolute atomic E-state index is 0.0877. The van der Waals surface area contributed by atoms with E-state index in [0.29, 0.717) is 6.54 Å². The summed E-state index contributed by atoms with van der Waals surface area (Å²) in [5, 5.41) is 5.02. The van der Waals surface area contributed by atoms with E-state index in [9.17, 15) is 18.0 Å². The highest BCUT2D eigenvalue weighted by molar-refractivity contribution is 6.31. The molecule has 3 nitrogen and oxygen atoms in total. The van der Waals surface area contributed by atoms with Crippen LogP contribution in [0.1, 0.15) is 44.1 Å². The van der Waals surface area contributed by atoms with Crippen LogP contribution in [0, 0.1) is 23.2 Å². The third kappa shape index (κ3) is 3.53. The molecule has 4 saturated carbocycles. The molecule has 4 aliphatic carbocycles. The maximum atomic E-state index is 12.9. The highest BCUT2D eigenvalue weighted by atomic mass is 35.5. The summed E-state index contributed by atoms with van der Waals surface area (Å²) >= 11 is 5.61. The summed E-state index contributed by atoms with van der Waals surface area (Å²) < 4.78 is 38.8. The van der Waals surface area contributed by atoms with E-state index >= 15 is 0 Å². The standard InChI is InChI=1S/C19H22ClF3N2O/c20-16-2-1-14(6-15(16)19(21,22)23)25-17(26)24-10-18-7-11-3-12(8-18)5-13(4-11)9-18/h1-2,6,11-13H,3-5,7-10H2,(H2,24,25,26). The van der Waals surface area contributed by atoms with Crippen LogP contribution in [0.2, 0.25) is 5.02 Å². The van der Waals surface area contributed by atoms with Crippen molar-refractivity contribution < 1.29 is 18.0 Å². The maximum absolute atomic E-state index is 12.9. The van der Waals surface area contributed by atoms with Gasteiger partial charge in [-0.15, -0.1) is 0 Å². The SMILES string of the molecule is O=C(NCC12CC3CC(CC(C3)C1)C2)Nc1ccc(Cl)c(C(F)(F)F)c1. The molecule has 1 aromatic carbocycles. The van der Waals surface area contributed by atoms with Crippen LogP contribution in [-0.4, -0.2) is 12.6 Å². The van der Waals surface area contributed by atoms with Crippen LogP contribution >= 0.6 is 11.6 Å². The van der Waals surface area contributed by atoms with Gasteiger partial charge < -0.3 is 10.6 Å². The molecule has 1 aromatic rings. The summed E-state index contributed by atoms with van der Waals surface area (Å²) in [4.78, 5) is 12.2. The molecular formula is C19H22ClF3N2O. The van der Waals surface area contributed by atoms with Gasteiger partial charge in [-0.3, -0.25) is 0 Å². The van der Waals surface area contributed by atoms with E-state index in [1.807, 2.05) is 0 Å². The minimum Gasteiger partial charge on any atom is -0.337 e. The molecule has 2 amide bonds. The fourth-order valence-electron chi connectivity index (χ4n) is 5.77. The number of urea groups is 1. The lowest BCUT2D eigenvalue weighted by atomic mass is 9.49. The summed E-state index contributed by atoms with van der Waals surface area (Å²) in [7, 11) is 0. The number of amides is 2. The molecule has 0 radical (unpaired) electrons. The van der Waals surface area contributed by atoms with E-state index in [-0.39, 0.29) is 16.1 Å². The zero-order valence-electron chi connectivity index (χ0n) is 14.3. The maximum Gasteiger partial charge on any atom is 0.417 e. The van der Waals surface area contributed by atoms with Gasteiger partial charge in [-0.25, -0.2) is 4.79 Å². The first-order valence-corrected chi connectivity index (χ1v) is 9.52. The number of hydrogen-bond donors (Lipinski definition) is 2. The predicted molar refractivity (Wildman–Crippen MR) is 94.1 cm³/mol. The van der Waals surface area contributed by atoms with Gasteiger partial charge in [-0.05, 0) is 79.9 Å². The largest absolute Gasteiger partial charge is 0.417 e. The molecule has 0 heterocycles. The average molecular weight is 387 g/mol. The summed E-state index contributed by atoms with van der Waals surface area (Å²) in [6.45, 7) is 0.599. The Kier molecular flexibility index (Phi) is 4.37. The van der Waals surface area contributed by atoms with Crippen LogP contribution in [0.4, 0.5) is 23.7 Å². The van der Waals surface area contributed by atoms with Crippen molar-refractivity contribution in [2.45, 2.75) is 44.7 Å². The number of benzene rings is 1. The number of hydrogen-bond acceptors (Lipinski definition) is 1. The van der Waals surface area contributed by atoms with Crippen LogP contribution < -0.4 is 10.6 Å². The zero-order chi connectivity index (χ0) is 18.5. The Morgan fingerprint density at radius 3 is 2.23 bits per heavy atom. The van der Waals surface area contributed by atoms with Crippen molar-refractivity contribution in [1.29, 1.82) is 0 Å². The van der Waals surface area contributed by atoms with E-state index in [1.165, 1.54) is 44.6 Å². The monoisotopic (exact) mass is 386 g/mol. The second kappa shape index (κ2) is 6.32. The van der Waals surface area contributed by atoms with Crippen molar-refractivity contribution >= 4 is 23.3 Å². The highest BCUT2D eigenvalue weighted by Crippen LogP contribution is 2.59. The Morgan fingerprint density at radius 2 is 1.69 bits per heavy atom. The van der Waals surface area contributed by atoms with Gasteiger partial charge in [-0.1, -0.05) is 11.6 Å². The van der Waals surface area contributed by atoms with Crippen molar-refractivity contribution in [3.63, 3.8) is 0 Å². The first kappa shape index (κ1) is 18.0. The van der Waals surface area contributed by atoms with Gasteiger partial charge in [0.2, 0.25) is 0 Å². The molecule has 4 aliphatic rings. The Morgan fingerprint density at radius 1 is 1.12 bits per heavy atom. The molecule has 0 aromatic heterocycles. The fraction of sp³-hybridized carbons (Fsp3) is 0.632. The van der Waals surface area contributed by atoms with Crippen molar-refractivity contribution in [2.24, 2.45) is 23.2 Å². The number of rotatable bonds is 3. The van der Waals surface area contributed by atoms with E-state index in [1.54, 1.807) is 0 Å². The molecule has 0 saturated heterocycles. The molecule has 7 heteroatoms. The molecule has 142 valence electrons. The normalized spacial score (nSPS) is 32.5. The highest BCUT2D eigenvalue weighted by Gasteiger charge is 2.50. The summed E-state index contributed by atoms with van der Waals surface area (Å²) in [5.74, 6) is 2.37. The number of alkyl halides is 3. The fourth-order valence-corrected chi connectivity index (χ4v) is 5.99. The second-order valence-corrected chi connectivity index (χ2v) is 8.82. The molecule has 0 aliphatic heterocycles. The van der Waals surface area contributed by atoms with E-state index < -0.39 is 17.8 Å². The second-order valence-electron chi connectivity index (χ2n) is 8.42. The average Bonchev–Trinajstić information content (AvgIpc) is 2.53. The van der Waals surface area contributed by atoms with Crippen molar-refractivity contribution in [1.82, 2.24) is 5.32 Å². The molecule has 0 unspecified atom stereocenters. The first-order valence-electron chi connectivity index (χ1n) is 9.14. The Hall–Kier alpha value is -1.43. The molecule has 0 spiro atoms. The minimum atomic E-state index is -4.55. The van der Waals surface area contributed by atoms with Gasteiger partial charge in [0.1, 0.15) is 0 Å². The Bertz CT molecular complexity index is 684. The predicted octanol–water partition coefficient (Wildman–Crippen LogP) is 5.70. The molecule has 2 N–H and O–H groups in total. The zero-order valence-corrected chi connectivity index (χ0v) is 15.1. The summed E-state index contributed by atoms with van der Waals surface area (Å²) in [6, 6.07) is 2.93. The van der Waals surface area contributed by atoms with Crippen molar-refractivity contribution in [2.75, 3.05) is 11.9 Å². The van der Waals surface area contributed by atoms with Gasteiger partial charge >= 0.3 is 12.2 Å². The van der Waals surface area contributed by atoms with Gasteiger partial charge in [0.05, 0.1) is 10.6 Å². The van der Waals surface area contributed by atoms with Crippen molar-refractivity contribution in [3.8, 4) is 0 Å². The van der Waals surface area contributed by atoms with Crippen LogP contribution in [0.25, 0.3) is 0 Å². The van der Waals surface area contributed by atoms with Crippen LogP contribution in [0.15, 0.2) is 18.2 Å². The summed E-state index contributed by atoms with van der Waals surface area (Å²) in [5.41, 5.74) is -0.675. The molecule has 26 heavy (non-hydrogen) atoms. The third-order valence-corrected chi connectivity index (χ3v) is 6.65. The van der Waals surface area contributed by atoms with E-state index in [2.05, 4.69) is 10.6 Å². The number of carbonyl (C=O) groups excluding carboxylic acids is 1. The Balaban J connectivity index is 1.38. The first-order chi connectivity index (χ1) is 12.2. The van der Waals surface area contributed by atoms with E-state index in [4.69, 9.17) is 11.6 Å². The summed E-state index contributed by atoms with van der Waals surface area (Å²) in [6.07, 6.45) is 2.93. The van der Waals surface area contributed by atoms with Gasteiger partial charge in [0, 0.05) is 12.2 Å². The molecule has 5 rings (SSSR count). The van der Waals surface area contributed by atoms with Crippen LogP contribution in [0.5, 0.6) is 0 Å². The quantitative estimate of drug-likeness (QED) is 0.687. The van der Waals surface area contributed by atoms with Crippen molar-refractivity contribution in [3.05, 3.63) is 28.8 Å². The number of halogens is 4. The number of nitrogens with one attached hydrogen (secondary N) is 2. The van der Waals surface area contributed by atoms with Gasteiger partial charge in [-0.2, -0.15) is 13.2 Å². The third-order valence-electron chi connectivity index (χ3n) is 6.32. The lowest BCUT2D eigenvalue weighted by molar-refractivity contribution is -0.137. The topological polar surface area (TPSA) is 41.1 Å². The molecule has 4 fully saturated rings. The van der Waals surface area contributed by atoms with E-state index in [0.717, 1.165) is 29.9 Å². The van der Waals surface area contributed by atoms with Crippen LogP contribution in [-0.2, 0) is 6.18 Å². The lowest BCUT2D eigenvalue weighted by Gasteiger charge is -2.56. The van der Waals surface area contributed by atoms with Gasteiger partial charge in [0.25, 0.3) is 0 Å². The van der Waals surface area contributed by atoms with Crippen LogP contribution in [0.3, 0.4) is 0 Å². The number of anilines is 1. The van der Waals surface area contributed by atoms with Gasteiger partial charge in [0.15, 0.2) is 0 Å². The number of carbonyl (C=O) groups is 1.